The summed E-state index contributed by atoms with van der Waals surface area (Å²) in [7, 11) is -3.00. The molecule has 0 atom stereocenters. The van der Waals surface area contributed by atoms with Crippen molar-refractivity contribution < 1.29 is 17.9 Å². The summed E-state index contributed by atoms with van der Waals surface area (Å²) in [5.41, 5.74) is 7.83. The number of fused-ring (bicyclic) bond motifs is 1. The molecule has 1 amide bonds. The molecule has 0 saturated carbocycles. The molecule has 0 bridgehead atoms. The van der Waals surface area contributed by atoms with Crippen LogP contribution in [-0.2, 0) is 15.4 Å². The topological polar surface area (TPSA) is 137 Å². The summed E-state index contributed by atoms with van der Waals surface area (Å²) in [4.78, 5) is 25.9. The van der Waals surface area contributed by atoms with E-state index in [1.807, 2.05) is 32.9 Å². The Kier molecular flexibility index (Phi) is 6.16. The molecule has 0 spiro atoms. The maximum atomic E-state index is 13.1. The summed E-state index contributed by atoms with van der Waals surface area (Å²) >= 11 is 0. The summed E-state index contributed by atoms with van der Waals surface area (Å²) < 4.78 is 33.4. The number of hydrogen-bond acceptors (Lipinski definition) is 8. The molecule has 4 rings (SSSR count). The van der Waals surface area contributed by atoms with Crippen molar-refractivity contribution in [2.24, 2.45) is 0 Å². The van der Waals surface area contributed by atoms with E-state index < -0.39 is 21.3 Å². The first kappa shape index (κ1) is 24.1. The average Bonchev–Trinajstić information content (AvgIpc) is 2.82. The van der Waals surface area contributed by atoms with Crippen LogP contribution < -0.4 is 15.2 Å². The largest absolute Gasteiger partial charge is 0.494 e. The maximum absolute atomic E-state index is 13.1. The molecule has 0 fully saturated rings. The van der Waals surface area contributed by atoms with Gasteiger partial charge >= 0.3 is 0 Å². The molecule has 0 unspecified atom stereocenters. The van der Waals surface area contributed by atoms with Crippen LogP contribution in [0.4, 0.5) is 5.82 Å². The van der Waals surface area contributed by atoms with Crippen molar-refractivity contribution in [3.8, 4) is 17.0 Å². The molecule has 0 aliphatic rings. The first-order chi connectivity index (χ1) is 16.5. The Morgan fingerprint density at radius 3 is 2.37 bits per heavy atom. The number of nitrogens with one attached hydrogen (secondary N) is 1. The van der Waals surface area contributed by atoms with Crippen molar-refractivity contribution in [3.05, 3.63) is 72.1 Å². The fourth-order valence-corrected chi connectivity index (χ4v) is 4.60. The number of nitrogens with two attached hydrogens (primary N) is 1. The monoisotopic (exact) mass is 491 g/mol. The molecular formula is C25H25N5O4S. The van der Waals surface area contributed by atoms with Crippen molar-refractivity contribution in [3.63, 3.8) is 0 Å². The van der Waals surface area contributed by atoms with E-state index in [0.717, 1.165) is 10.9 Å². The van der Waals surface area contributed by atoms with Crippen LogP contribution in [0.25, 0.3) is 22.2 Å². The third-order valence-electron chi connectivity index (χ3n) is 5.31. The second-order valence-electron chi connectivity index (χ2n) is 8.90. The molecule has 9 nitrogen and oxygen atoms in total. The van der Waals surface area contributed by atoms with E-state index in [2.05, 4.69) is 19.7 Å². The van der Waals surface area contributed by atoms with Crippen LogP contribution in [0.15, 0.2) is 65.7 Å². The van der Waals surface area contributed by atoms with Gasteiger partial charge in [-0.25, -0.2) is 19.7 Å². The molecule has 0 saturated heterocycles. The number of methoxy groups -OCH3 is 1. The Bertz CT molecular complexity index is 1550. The zero-order chi connectivity index (χ0) is 25.4. The van der Waals surface area contributed by atoms with Crippen molar-refractivity contribution in [2.45, 2.75) is 31.2 Å². The number of benzene rings is 1. The summed E-state index contributed by atoms with van der Waals surface area (Å²) in [6.45, 7) is 5.72. The van der Waals surface area contributed by atoms with E-state index in [1.165, 1.54) is 19.2 Å². The number of amides is 1. The van der Waals surface area contributed by atoms with Gasteiger partial charge in [-0.2, -0.15) is 8.42 Å². The number of carbonyl (C=O) groups is 1. The smallest absolute Gasteiger partial charge is 0.285 e. The van der Waals surface area contributed by atoms with Crippen LogP contribution in [0.5, 0.6) is 5.75 Å². The Balaban J connectivity index is 1.69. The van der Waals surface area contributed by atoms with E-state index in [-0.39, 0.29) is 16.5 Å². The van der Waals surface area contributed by atoms with Gasteiger partial charge in [-0.3, -0.25) is 4.79 Å². The van der Waals surface area contributed by atoms with E-state index in [0.29, 0.717) is 22.7 Å². The standard InChI is InChI=1S/C25H25N5O4S/c1-25(2,3)21-14-13-20(34-4)24(29-21)35(32,33)30-23(31)19-12-11-16-15(7-5-8-17(16)27-19)18-9-6-10-22(26)28-18/h5-14H,1-4H3,(H2,26,28)(H,30,31). The minimum absolute atomic E-state index is 0.0315. The van der Waals surface area contributed by atoms with E-state index in [9.17, 15) is 13.2 Å². The van der Waals surface area contributed by atoms with Crippen LogP contribution in [0.2, 0.25) is 0 Å². The van der Waals surface area contributed by atoms with E-state index >= 15 is 0 Å². The van der Waals surface area contributed by atoms with Gasteiger partial charge in [-0.15, -0.1) is 0 Å². The van der Waals surface area contributed by atoms with Gasteiger partial charge in [0.15, 0.2) is 5.75 Å². The highest BCUT2D eigenvalue weighted by molar-refractivity contribution is 7.90. The molecule has 1 aromatic carbocycles. The number of ether oxygens (including phenoxy) is 1. The van der Waals surface area contributed by atoms with Gasteiger partial charge in [0, 0.05) is 22.1 Å². The first-order valence-electron chi connectivity index (χ1n) is 10.7. The fraction of sp³-hybridized carbons (Fsp3) is 0.200. The average molecular weight is 492 g/mol. The molecule has 0 aliphatic heterocycles. The molecule has 4 aromatic rings. The second-order valence-corrected chi connectivity index (χ2v) is 10.5. The number of sulfonamides is 1. The van der Waals surface area contributed by atoms with Crippen LogP contribution in [0.3, 0.4) is 0 Å². The lowest BCUT2D eigenvalue weighted by atomic mass is 9.92. The minimum Gasteiger partial charge on any atom is -0.494 e. The number of nitrogen functional groups attached to an aromatic ring is 1. The molecule has 3 N–H and O–H groups in total. The molecule has 0 aliphatic carbocycles. The molecular weight excluding hydrogens is 466 g/mol. The van der Waals surface area contributed by atoms with Crippen molar-refractivity contribution in [1.82, 2.24) is 19.7 Å². The molecule has 0 radical (unpaired) electrons. The van der Waals surface area contributed by atoms with Crippen molar-refractivity contribution in [1.29, 1.82) is 0 Å². The highest BCUT2D eigenvalue weighted by Crippen LogP contribution is 2.29. The minimum atomic E-state index is -4.34. The van der Waals surface area contributed by atoms with Gasteiger partial charge in [-0.1, -0.05) is 39.0 Å². The fourth-order valence-electron chi connectivity index (χ4n) is 3.52. The Labute approximate surface area is 203 Å². The molecule has 180 valence electrons. The normalized spacial score (nSPS) is 11.9. The third kappa shape index (κ3) is 4.92. The number of nitrogens with zero attached hydrogens (tertiary/aromatic N) is 3. The summed E-state index contributed by atoms with van der Waals surface area (Å²) in [6.07, 6.45) is 0. The van der Waals surface area contributed by atoms with Crippen LogP contribution >= 0.6 is 0 Å². The predicted molar refractivity (Wildman–Crippen MR) is 134 cm³/mol. The van der Waals surface area contributed by atoms with Crippen LogP contribution in [-0.4, -0.2) is 36.4 Å². The highest BCUT2D eigenvalue weighted by atomic mass is 32.2. The first-order valence-corrected chi connectivity index (χ1v) is 12.2. The van der Waals surface area contributed by atoms with Crippen molar-refractivity contribution in [2.75, 3.05) is 12.8 Å². The maximum Gasteiger partial charge on any atom is 0.285 e. The third-order valence-corrected chi connectivity index (χ3v) is 6.56. The van der Waals surface area contributed by atoms with Crippen LogP contribution in [0, 0.1) is 0 Å². The lowest BCUT2D eigenvalue weighted by Gasteiger charge is -2.19. The Hall–Kier alpha value is -4.05. The summed E-state index contributed by atoms with van der Waals surface area (Å²) in [6, 6.07) is 17.1. The molecule has 35 heavy (non-hydrogen) atoms. The quantitative estimate of drug-likeness (QED) is 0.431. The number of pyridine rings is 3. The van der Waals surface area contributed by atoms with Gasteiger partial charge < -0.3 is 10.5 Å². The number of rotatable bonds is 5. The van der Waals surface area contributed by atoms with E-state index in [4.69, 9.17) is 10.5 Å². The number of anilines is 1. The second kappa shape index (κ2) is 8.95. The van der Waals surface area contributed by atoms with Gasteiger partial charge in [0.2, 0.25) is 5.03 Å². The molecule has 10 heteroatoms. The highest BCUT2D eigenvalue weighted by Gasteiger charge is 2.28. The van der Waals surface area contributed by atoms with Crippen LogP contribution in [0.1, 0.15) is 37.0 Å². The van der Waals surface area contributed by atoms with Crippen molar-refractivity contribution >= 4 is 32.7 Å². The predicted octanol–water partition coefficient (Wildman–Crippen LogP) is 3.70. The number of hydrogen-bond donors (Lipinski definition) is 2. The summed E-state index contributed by atoms with van der Waals surface area (Å²) in [5.74, 6) is -0.471. The Morgan fingerprint density at radius 2 is 1.69 bits per heavy atom. The van der Waals surface area contributed by atoms with Gasteiger partial charge in [0.1, 0.15) is 11.5 Å². The zero-order valence-electron chi connectivity index (χ0n) is 19.7. The Morgan fingerprint density at radius 1 is 0.943 bits per heavy atom. The zero-order valence-corrected chi connectivity index (χ0v) is 20.6. The SMILES string of the molecule is COc1ccc(C(C)(C)C)nc1S(=O)(=O)NC(=O)c1ccc2c(-c3cccc(N)n3)cccc2n1. The van der Waals surface area contributed by atoms with E-state index in [1.54, 1.807) is 36.4 Å². The molecule has 3 aromatic heterocycles. The lowest BCUT2D eigenvalue weighted by Crippen LogP contribution is -2.32. The molecule has 3 heterocycles. The van der Waals surface area contributed by atoms with Gasteiger partial charge in [-0.05, 0) is 42.5 Å². The number of carbonyl (C=O) groups excluding carboxylic acids is 1. The summed E-state index contributed by atoms with van der Waals surface area (Å²) in [5, 5.41) is 0.378. The lowest BCUT2D eigenvalue weighted by molar-refractivity contribution is 0.0977. The number of aromatic nitrogens is 3. The van der Waals surface area contributed by atoms with Gasteiger partial charge in [0.25, 0.3) is 15.9 Å². The van der Waals surface area contributed by atoms with Gasteiger partial charge in [0.05, 0.1) is 18.3 Å².